The van der Waals surface area contributed by atoms with Crippen LogP contribution in [0, 0.1) is 5.92 Å². The van der Waals surface area contributed by atoms with Crippen LogP contribution in [0.5, 0.6) is 5.75 Å². The minimum Gasteiger partial charge on any atom is -0.492 e. The number of nitrogens with zero attached hydrogens (tertiary/aromatic N) is 1. The average molecular weight is 462 g/mol. The molecular weight excluding hydrogens is 421 g/mol. The van der Waals surface area contributed by atoms with Crippen molar-refractivity contribution in [3.63, 3.8) is 0 Å². The van der Waals surface area contributed by atoms with Gasteiger partial charge in [0, 0.05) is 13.0 Å². The third-order valence-electron chi connectivity index (χ3n) is 6.45. The highest BCUT2D eigenvalue weighted by Crippen LogP contribution is 2.29. The van der Waals surface area contributed by atoms with Crippen molar-refractivity contribution in [3.05, 3.63) is 101 Å². The number of hydrogen-bond acceptors (Lipinski definition) is 2. The van der Waals surface area contributed by atoms with E-state index >= 15 is 0 Å². The highest BCUT2D eigenvalue weighted by atomic mass is 19.1. The Hall–Kier alpha value is -2.65. The lowest BCUT2D eigenvalue weighted by molar-refractivity contribution is 0.171. The fraction of sp³-hybridized carbons (Fsp3) is 0.419. The summed E-state index contributed by atoms with van der Waals surface area (Å²) in [6.07, 6.45) is 8.03. The molecule has 0 radical (unpaired) electrons. The fourth-order valence-electron chi connectivity index (χ4n) is 4.57. The smallest absolute Gasteiger partial charge is 0.119 e. The number of aryl methyl sites for hydroxylation is 1. The van der Waals surface area contributed by atoms with Gasteiger partial charge in [0.05, 0.1) is 6.04 Å². The van der Waals surface area contributed by atoms with Gasteiger partial charge in [-0.15, -0.1) is 0 Å². The number of hydrogen-bond donors (Lipinski definition) is 0. The third kappa shape index (κ3) is 7.43. The van der Waals surface area contributed by atoms with Crippen LogP contribution < -0.4 is 4.74 Å². The molecule has 182 valence electrons. The van der Waals surface area contributed by atoms with Crippen molar-refractivity contribution in [2.75, 3.05) is 20.2 Å². The van der Waals surface area contributed by atoms with Crippen LogP contribution in [0.25, 0.3) is 0 Å². The van der Waals surface area contributed by atoms with Crippen LogP contribution in [-0.2, 0) is 12.8 Å². The van der Waals surface area contributed by atoms with E-state index in [1.165, 1.54) is 16.7 Å². The van der Waals surface area contributed by atoms with Gasteiger partial charge in [0.25, 0.3) is 0 Å². The molecule has 34 heavy (non-hydrogen) atoms. The summed E-state index contributed by atoms with van der Waals surface area (Å²) in [6, 6.07) is 17.3. The topological polar surface area (TPSA) is 12.5 Å². The van der Waals surface area contributed by atoms with Crippen LogP contribution >= 0.6 is 0 Å². The molecule has 2 aromatic carbocycles. The number of halogens is 1. The zero-order chi connectivity index (χ0) is 24.5. The first-order chi connectivity index (χ1) is 16.4. The van der Waals surface area contributed by atoms with Crippen LogP contribution in [0.1, 0.15) is 62.8 Å². The molecule has 0 aliphatic heterocycles. The van der Waals surface area contributed by atoms with E-state index in [1.54, 1.807) is 6.08 Å². The van der Waals surface area contributed by atoms with Crippen molar-refractivity contribution in [1.29, 1.82) is 0 Å². The molecule has 0 aromatic heterocycles. The molecule has 0 N–H and O–H groups in total. The molecule has 1 unspecified atom stereocenters. The Morgan fingerprint density at radius 3 is 2.32 bits per heavy atom. The lowest BCUT2D eigenvalue weighted by Crippen LogP contribution is -2.31. The lowest BCUT2D eigenvalue weighted by atomic mass is 9.95. The predicted molar refractivity (Wildman–Crippen MR) is 142 cm³/mol. The molecule has 1 aliphatic rings. The van der Waals surface area contributed by atoms with Crippen molar-refractivity contribution < 1.29 is 9.13 Å². The van der Waals surface area contributed by atoms with Gasteiger partial charge in [-0.1, -0.05) is 76.2 Å². The van der Waals surface area contributed by atoms with Crippen molar-refractivity contribution in [2.45, 2.75) is 58.9 Å². The summed E-state index contributed by atoms with van der Waals surface area (Å²) in [5, 5.41) is 0. The second kappa shape index (κ2) is 12.7. The summed E-state index contributed by atoms with van der Waals surface area (Å²) in [6.45, 7) is 11.8. The van der Waals surface area contributed by atoms with Gasteiger partial charge in [-0.3, -0.25) is 4.90 Å². The van der Waals surface area contributed by atoms with Gasteiger partial charge in [0.2, 0.25) is 0 Å². The first-order valence-corrected chi connectivity index (χ1v) is 12.6. The van der Waals surface area contributed by atoms with Gasteiger partial charge < -0.3 is 4.74 Å². The SMILES string of the molecule is C=CC1=C(CN(C)C(COc2ccc(CCC)cc2)c2ccc(CC(C)C)cc2)C=C(F)CC1. The quantitative estimate of drug-likeness (QED) is 0.317. The highest BCUT2D eigenvalue weighted by Gasteiger charge is 2.21. The second-order valence-electron chi connectivity index (χ2n) is 9.82. The largest absolute Gasteiger partial charge is 0.492 e. The fourth-order valence-corrected chi connectivity index (χ4v) is 4.57. The third-order valence-corrected chi connectivity index (χ3v) is 6.45. The molecule has 2 aromatic rings. The Bertz CT molecular complexity index is 985. The van der Waals surface area contributed by atoms with E-state index in [0.717, 1.165) is 36.2 Å². The molecule has 2 nitrogen and oxygen atoms in total. The van der Waals surface area contributed by atoms with Gasteiger partial charge in [-0.25, -0.2) is 4.39 Å². The highest BCUT2D eigenvalue weighted by molar-refractivity contribution is 5.38. The normalized spacial score (nSPS) is 15.0. The maximum atomic E-state index is 14.1. The Balaban J connectivity index is 1.80. The number of benzene rings is 2. The van der Waals surface area contributed by atoms with Crippen molar-refractivity contribution >= 4 is 0 Å². The molecule has 3 heteroatoms. The summed E-state index contributed by atoms with van der Waals surface area (Å²) >= 11 is 0. The van der Waals surface area contributed by atoms with Crippen molar-refractivity contribution in [3.8, 4) is 5.75 Å². The summed E-state index contributed by atoms with van der Waals surface area (Å²) in [5.74, 6) is 1.46. The van der Waals surface area contributed by atoms with Gasteiger partial charge in [-0.05, 0) is 78.3 Å². The van der Waals surface area contributed by atoms with Gasteiger partial charge >= 0.3 is 0 Å². The maximum Gasteiger partial charge on any atom is 0.119 e. The zero-order valence-electron chi connectivity index (χ0n) is 21.3. The molecule has 0 amide bonds. The van der Waals surface area contributed by atoms with E-state index in [1.807, 2.05) is 6.08 Å². The number of allylic oxidation sites excluding steroid dienone is 3. The molecule has 0 saturated heterocycles. The van der Waals surface area contributed by atoms with E-state index in [9.17, 15) is 4.39 Å². The van der Waals surface area contributed by atoms with Gasteiger partial charge in [0.1, 0.15) is 18.2 Å². The Labute approximate surface area is 205 Å². The molecule has 0 heterocycles. The molecule has 0 spiro atoms. The Kier molecular flexibility index (Phi) is 9.71. The first-order valence-electron chi connectivity index (χ1n) is 12.6. The van der Waals surface area contributed by atoms with Crippen LogP contribution in [0.2, 0.25) is 0 Å². The van der Waals surface area contributed by atoms with Crippen LogP contribution in [0.3, 0.4) is 0 Å². The number of ether oxygens (including phenoxy) is 1. The molecule has 1 atom stereocenters. The minimum atomic E-state index is -0.0491. The summed E-state index contributed by atoms with van der Waals surface area (Å²) in [5.41, 5.74) is 6.03. The lowest BCUT2D eigenvalue weighted by Gasteiger charge is -2.30. The van der Waals surface area contributed by atoms with E-state index in [-0.39, 0.29) is 11.9 Å². The van der Waals surface area contributed by atoms with Crippen LogP contribution in [0.4, 0.5) is 4.39 Å². The number of rotatable bonds is 12. The molecule has 0 saturated carbocycles. The Morgan fingerprint density at radius 1 is 1.03 bits per heavy atom. The molecule has 3 rings (SSSR count). The average Bonchev–Trinajstić information content (AvgIpc) is 2.81. The monoisotopic (exact) mass is 461 g/mol. The van der Waals surface area contributed by atoms with Gasteiger partial charge in [-0.2, -0.15) is 0 Å². The van der Waals surface area contributed by atoms with E-state index < -0.39 is 0 Å². The summed E-state index contributed by atoms with van der Waals surface area (Å²) in [7, 11) is 2.09. The van der Waals surface area contributed by atoms with E-state index in [2.05, 4.69) is 87.8 Å². The maximum absolute atomic E-state index is 14.1. The minimum absolute atomic E-state index is 0.0420. The molecule has 0 bridgehead atoms. The predicted octanol–water partition coefficient (Wildman–Crippen LogP) is 8.02. The molecule has 1 aliphatic carbocycles. The number of likely N-dealkylation sites (N-methyl/N-ethyl adjacent to an activating group) is 1. The van der Waals surface area contributed by atoms with Gasteiger partial charge in [0.15, 0.2) is 0 Å². The molecule has 0 fully saturated rings. The summed E-state index contributed by atoms with van der Waals surface area (Å²) in [4.78, 5) is 2.26. The first kappa shape index (κ1) is 26.0. The van der Waals surface area contributed by atoms with E-state index in [4.69, 9.17) is 4.74 Å². The van der Waals surface area contributed by atoms with Crippen LogP contribution in [0.15, 0.2) is 84.2 Å². The van der Waals surface area contributed by atoms with Crippen molar-refractivity contribution in [2.24, 2.45) is 5.92 Å². The second-order valence-corrected chi connectivity index (χ2v) is 9.82. The Morgan fingerprint density at radius 2 is 1.71 bits per heavy atom. The molecular formula is C31H40FNO. The summed E-state index contributed by atoms with van der Waals surface area (Å²) < 4.78 is 20.3. The van der Waals surface area contributed by atoms with E-state index in [0.29, 0.717) is 31.9 Å². The van der Waals surface area contributed by atoms with Crippen molar-refractivity contribution in [1.82, 2.24) is 4.90 Å². The van der Waals surface area contributed by atoms with Crippen LogP contribution in [-0.4, -0.2) is 25.1 Å². The standard InChI is InChI=1S/C31H40FNO/c1-6-8-24-11-17-30(18-12-24)34-22-31(27-13-9-25(10-14-27)19-23(3)4)33(5)21-28-20-29(32)16-15-26(28)7-2/h7,9-14,17-18,20,23,31H,2,6,8,15-16,19,21-22H2,1,3-5H3. The zero-order valence-corrected chi connectivity index (χ0v) is 21.3.